The van der Waals surface area contributed by atoms with E-state index in [2.05, 4.69) is 4.72 Å². The van der Waals surface area contributed by atoms with Crippen LogP contribution in [-0.2, 0) is 19.9 Å². The van der Waals surface area contributed by atoms with Gasteiger partial charge in [0.2, 0.25) is 10.0 Å². The molecule has 2 aliphatic rings. The van der Waals surface area contributed by atoms with Crippen molar-refractivity contribution in [2.75, 3.05) is 11.5 Å². The van der Waals surface area contributed by atoms with Crippen LogP contribution < -0.4 is 10.5 Å². The lowest BCUT2D eigenvalue weighted by Crippen LogP contribution is -2.76. The topological polar surface area (TPSA) is 106 Å². The van der Waals surface area contributed by atoms with Crippen molar-refractivity contribution in [1.29, 1.82) is 0 Å². The third-order valence-corrected chi connectivity index (χ3v) is 8.83. The fraction of sp³-hybridized carbons (Fsp3) is 1.00. The summed E-state index contributed by atoms with van der Waals surface area (Å²) in [7, 11) is -6.86. The maximum absolute atomic E-state index is 12.4. The molecule has 6 nitrogen and oxygen atoms in total. The zero-order valence-electron chi connectivity index (χ0n) is 12.4. The Labute approximate surface area is 121 Å². The first-order valence-electron chi connectivity index (χ1n) is 6.78. The van der Waals surface area contributed by atoms with E-state index in [0.29, 0.717) is 0 Å². The Kier molecular flexibility index (Phi) is 3.57. The Balaban J connectivity index is 2.18. The molecule has 8 heteroatoms. The Bertz CT molecular complexity index is 591. The largest absolute Gasteiger partial charge is 0.327 e. The van der Waals surface area contributed by atoms with E-state index in [4.69, 9.17) is 5.73 Å². The van der Waals surface area contributed by atoms with Crippen LogP contribution in [0, 0.1) is 10.8 Å². The molecule has 2 fully saturated rings. The third-order valence-electron chi connectivity index (χ3n) is 5.00. The van der Waals surface area contributed by atoms with Crippen LogP contribution in [0.1, 0.15) is 34.1 Å². The summed E-state index contributed by atoms with van der Waals surface area (Å²) >= 11 is 0. The summed E-state index contributed by atoms with van der Waals surface area (Å²) in [6.45, 7) is 7.73. The number of nitrogens with two attached hydrogens (primary N) is 1. The summed E-state index contributed by atoms with van der Waals surface area (Å²) in [5, 5.41) is -0.837. The summed E-state index contributed by atoms with van der Waals surface area (Å²) in [6, 6.07) is -0.381. The summed E-state index contributed by atoms with van der Waals surface area (Å²) in [5.41, 5.74) is 5.43. The third kappa shape index (κ3) is 2.40. The summed E-state index contributed by atoms with van der Waals surface area (Å²) < 4.78 is 50.4. The van der Waals surface area contributed by atoms with Crippen LogP contribution in [0.25, 0.3) is 0 Å². The van der Waals surface area contributed by atoms with Gasteiger partial charge >= 0.3 is 0 Å². The molecular weight excluding hydrogens is 300 g/mol. The first-order chi connectivity index (χ1) is 8.81. The van der Waals surface area contributed by atoms with Crippen molar-refractivity contribution < 1.29 is 16.8 Å². The number of sulfone groups is 1. The summed E-state index contributed by atoms with van der Waals surface area (Å²) in [4.78, 5) is 0. The molecule has 1 aliphatic heterocycles. The average Bonchev–Trinajstić information content (AvgIpc) is 2.66. The fourth-order valence-corrected chi connectivity index (χ4v) is 8.34. The van der Waals surface area contributed by atoms with E-state index in [1.165, 1.54) is 0 Å². The minimum atomic E-state index is -3.64. The van der Waals surface area contributed by atoms with Crippen molar-refractivity contribution in [3.05, 3.63) is 0 Å². The van der Waals surface area contributed by atoms with Crippen molar-refractivity contribution in [3.8, 4) is 0 Å². The molecule has 0 aromatic rings. The van der Waals surface area contributed by atoms with Crippen LogP contribution in [0.5, 0.6) is 0 Å². The molecule has 0 aromatic heterocycles. The number of sulfonamides is 1. The van der Waals surface area contributed by atoms with Crippen LogP contribution in [0.2, 0.25) is 0 Å². The molecule has 0 aromatic carbocycles. The van der Waals surface area contributed by atoms with Crippen LogP contribution in [-0.4, -0.2) is 45.7 Å². The highest BCUT2D eigenvalue weighted by molar-refractivity contribution is 7.95. The van der Waals surface area contributed by atoms with Gasteiger partial charge in [-0.15, -0.1) is 0 Å². The molecule has 1 heterocycles. The van der Waals surface area contributed by atoms with Gasteiger partial charge in [0.1, 0.15) is 0 Å². The molecule has 1 saturated carbocycles. The van der Waals surface area contributed by atoms with Crippen molar-refractivity contribution >= 4 is 19.9 Å². The van der Waals surface area contributed by atoms with Gasteiger partial charge < -0.3 is 5.73 Å². The number of hydrogen-bond donors (Lipinski definition) is 2. The van der Waals surface area contributed by atoms with E-state index < -0.39 is 25.1 Å². The number of rotatable bonds is 3. The highest BCUT2D eigenvalue weighted by atomic mass is 32.2. The van der Waals surface area contributed by atoms with E-state index in [1.807, 2.05) is 27.7 Å². The zero-order chi connectivity index (χ0) is 15.6. The van der Waals surface area contributed by atoms with Gasteiger partial charge in [0.15, 0.2) is 9.84 Å². The molecule has 1 unspecified atom stereocenters. The second kappa shape index (κ2) is 4.41. The van der Waals surface area contributed by atoms with Gasteiger partial charge in [0.25, 0.3) is 0 Å². The lowest BCUT2D eigenvalue weighted by Gasteiger charge is -2.62. The highest BCUT2D eigenvalue weighted by Gasteiger charge is 2.61. The molecule has 1 atom stereocenters. The van der Waals surface area contributed by atoms with Gasteiger partial charge in [-0.3, -0.25) is 0 Å². The van der Waals surface area contributed by atoms with E-state index in [-0.39, 0.29) is 40.8 Å². The monoisotopic (exact) mass is 324 g/mol. The highest BCUT2D eigenvalue weighted by Crippen LogP contribution is 2.52. The molecule has 2 rings (SSSR count). The first-order valence-corrected chi connectivity index (χ1v) is 10.1. The van der Waals surface area contributed by atoms with Gasteiger partial charge in [-0.05, 0) is 17.3 Å². The fourth-order valence-electron chi connectivity index (χ4n) is 3.75. The molecule has 3 N–H and O–H groups in total. The first kappa shape index (κ1) is 16.2. The van der Waals surface area contributed by atoms with E-state index >= 15 is 0 Å². The smallest absolute Gasteiger partial charge is 0.215 e. The van der Waals surface area contributed by atoms with E-state index in [0.717, 1.165) is 0 Å². The minimum absolute atomic E-state index is 0.0461. The lowest BCUT2D eigenvalue weighted by molar-refractivity contribution is -0.0594. The van der Waals surface area contributed by atoms with Crippen LogP contribution >= 0.6 is 0 Å². The molecule has 0 amide bonds. The van der Waals surface area contributed by atoms with Crippen molar-refractivity contribution in [2.24, 2.45) is 16.6 Å². The zero-order valence-corrected chi connectivity index (χ0v) is 14.0. The average molecular weight is 324 g/mol. The Morgan fingerprint density at radius 2 is 1.65 bits per heavy atom. The molecule has 1 aliphatic carbocycles. The molecule has 0 spiro atoms. The SMILES string of the molecule is CC1(C)C(N)C(C)(C)C1NS(=O)(=O)C1CCS(=O)(=O)C1. The Morgan fingerprint density at radius 3 is 2.05 bits per heavy atom. The van der Waals surface area contributed by atoms with Crippen LogP contribution in [0.15, 0.2) is 0 Å². The predicted octanol–water partition coefficient (Wildman–Crippen LogP) is -0.145. The quantitative estimate of drug-likeness (QED) is 0.751. The van der Waals surface area contributed by atoms with Gasteiger partial charge in [-0.2, -0.15) is 0 Å². The second-order valence-corrected chi connectivity index (χ2v) is 11.5. The van der Waals surface area contributed by atoms with Crippen molar-refractivity contribution in [1.82, 2.24) is 4.72 Å². The van der Waals surface area contributed by atoms with Crippen molar-refractivity contribution in [3.63, 3.8) is 0 Å². The van der Waals surface area contributed by atoms with Crippen molar-refractivity contribution in [2.45, 2.75) is 51.4 Å². The predicted molar refractivity (Wildman–Crippen MR) is 78.4 cm³/mol. The van der Waals surface area contributed by atoms with E-state index in [9.17, 15) is 16.8 Å². The normalized spacial score (nSPS) is 38.4. The lowest BCUT2D eigenvalue weighted by atomic mass is 9.49. The molecule has 1 saturated heterocycles. The molecule has 0 radical (unpaired) electrons. The minimum Gasteiger partial charge on any atom is -0.327 e. The van der Waals surface area contributed by atoms with Gasteiger partial charge in [-0.1, -0.05) is 27.7 Å². The maximum Gasteiger partial charge on any atom is 0.215 e. The molecule has 0 bridgehead atoms. The van der Waals surface area contributed by atoms with Crippen LogP contribution in [0.4, 0.5) is 0 Å². The number of nitrogens with one attached hydrogen (secondary N) is 1. The maximum atomic E-state index is 12.4. The van der Waals surface area contributed by atoms with E-state index in [1.54, 1.807) is 0 Å². The summed E-state index contributed by atoms with van der Waals surface area (Å²) in [6.07, 6.45) is 0.178. The van der Waals surface area contributed by atoms with Gasteiger partial charge in [0, 0.05) is 12.1 Å². The summed E-state index contributed by atoms with van der Waals surface area (Å²) in [5.74, 6) is -0.322. The standard InChI is InChI=1S/C12H24N2O4S2/c1-11(2)9(13)12(3,4)10(11)14-20(17,18)8-5-6-19(15,16)7-8/h8-10,14H,5-7,13H2,1-4H3. The van der Waals surface area contributed by atoms with Gasteiger partial charge in [-0.25, -0.2) is 21.6 Å². The van der Waals surface area contributed by atoms with Gasteiger partial charge in [0.05, 0.1) is 16.8 Å². The second-order valence-electron chi connectivity index (χ2n) is 7.24. The number of hydrogen-bond acceptors (Lipinski definition) is 5. The molecular formula is C12H24N2O4S2. The molecule has 20 heavy (non-hydrogen) atoms. The molecule has 118 valence electrons. The van der Waals surface area contributed by atoms with Crippen LogP contribution in [0.3, 0.4) is 0 Å². The Morgan fingerprint density at radius 1 is 1.15 bits per heavy atom. The Hall–Kier alpha value is -0.180.